The van der Waals surface area contributed by atoms with Crippen LogP contribution in [-0.4, -0.2) is 34.3 Å². The number of carbonyl (C=O) groups excluding carboxylic acids is 3. The molecule has 2 atom stereocenters. The van der Waals surface area contributed by atoms with Crippen molar-refractivity contribution in [1.82, 2.24) is 4.90 Å². The summed E-state index contributed by atoms with van der Waals surface area (Å²) in [5, 5.41) is 0. The molecule has 17 heavy (non-hydrogen) atoms. The summed E-state index contributed by atoms with van der Waals surface area (Å²) in [6.07, 6.45) is -0.347. The van der Waals surface area contributed by atoms with Crippen LogP contribution in [0.1, 0.15) is 41.0 Å². The maximum absolute atomic E-state index is 11.9. The second kappa shape index (κ2) is 4.47. The summed E-state index contributed by atoms with van der Waals surface area (Å²) in [7, 11) is 0. The van der Waals surface area contributed by atoms with Crippen molar-refractivity contribution in [3.8, 4) is 0 Å². The zero-order valence-corrected chi connectivity index (χ0v) is 10.9. The third-order valence-electron chi connectivity index (χ3n) is 2.61. The second-order valence-electron chi connectivity index (χ2n) is 5.45. The fourth-order valence-electron chi connectivity index (χ4n) is 1.81. The van der Waals surface area contributed by atoms with Crippen LogP contribution < -0.4 is 0 Å². The van der Waals surface area contributed by atoms with E-state index >= 15 is 0 Å². The summed E-state index contributed by atoms with van der Waals surface area (Å²) >= 11 is 0. The maximum Gasteiger partial charge on any atom is 0.417 e. The number of nitrogens with zero attached hydrogens (tertiary/aromatic N) is 1. The van der Waals surface area contributed by atoms with Gasteiger partial charge in [0.25, 0.3) is 0 Å². The maximum atomic E-state index is 11.9. The predicted molar refractivity (Wildman–Crippen MR) is 61.3 cm³/mol. The van der Waals surface area contributed by atoms with Gasteiger partial charge in [-0.25, -0.2) is 9.69 Å². The topological polar surface area (TPSA) is 63.7 Å². The average Bonchev–Trinajstić information content (AvgIpc) is 2.40. The highest BCUT2D eigenvalue weighted by Crippen LogP contribution is 2.26. The number of ether oxygens (including phenoxy) is 1. The molecular formula is C12H19NO4. The number of ketones is 1. The van der Waals surface area contributed by atoms with Gasteiger partial charge < -0.3 is 4.74 Å². The van der Waals surface area contributed by atoms with Crippen molar-refractivity contribution in [2.24, 2.45) is 5.92 Å². The molecule has 5 heteroatoms. The Labute approximate surface area is 101 Å². The van der Waals surface area contributed by atoms with E-state index in [9.17, 15) is 14.4 Å². The van der Waals surface area contributed by atoms with E-state index in [4.69, 9.17) is 4.74 Å². The van der Waals surface area contributed by atoms with Crippen molar-refractivity contribution in [1.29, 1.82) is 0 Å². The summed E-state index contributed by atoms with van der Waals surface area (Å²) in [5.41, 5.74) is -0.676. The molecule has 0 spiro atoms. The third kappa shape index (κ3) is 3.05. The number of likely N-dealkylation sites (tertiary alicyclic amines) is 1. The van der Waals surface area contributed by atoms with Gasteiger partial charge in [-0.15, -0.1) is 0 Å². The molecule has 1 aliphatic heterocycles. The number of amides is 2. The molecule has 1 heterocycles. The second-order valence-corrected chi connectivity index (χ2v) is 5.45. The zero-order valence-electron chi connectivity index (χ0n) is 10.9. The molecule has 1 aliphatic rings. The van der Waals surface area contributed by atoms with Crippen LogP contribution in [0.2, 0.25) is 0 Å². The van der Waals surface area contributed by atoms with E-state index in [1.807, 2.05) is 0 Å². The largest absolute Gasteiger partial charge is 0.443 e. The molecule has 2 amide bonds. The predicted octanol–water partition coefficient (Wildman–Crippen LogP) is 1.75. The van der Waals surface area contributed by atoms with E-state index in [2.05, 4.69) is 0 Å². The van der Waals surface area contributed by atoms with E-state index < -0.39 is 17.7 Å². The van der Waals surface area contributed by atoms with Crippen molar-refractivity contribution < 1.29 is 19.1 Å². The minimum Gasteiger partial charge on any atom is -0.443 e. The van der Waals surface area contributed by atoms with E-state index in [0.29, 0.717) is 6.42 Å². The van der Waals surface area contributed by atoms with Crippen LogP contribution >= 0.6 is 0 Å². The molecule has 0 aliphatic carbocycles. The van der Waals surface area contributed by atoms with Crippen molar-refractivity contribution >= 4 is 17.8 Å². The molecule has 1 saturated heterocycles. The van der Waals surface area contributed by atoms with Gasteiger partial charge in [0.1, 0.15) is 11.6 Å². The molecular weight excluding hydrogens is 222 g/mol. The van der Waals surface area contributed by atoms with Crippen LogP contribution in [0, 0.1) is 5.92 Å². The van der Waals surface area contributed by atoms with Gasteiger partial charge >= 0.3 is 6.09 Å². The molecule has 0 aromatic carbocycles. The fourth-order valence-corrected chi connectivity index (χ4v) is 1.81. The molecule has 1 fully saturated rings. The fraction of sp³-hybridized carbons (Fsp3) is 0.750. The van der Waals surface area contributed by atoms with Crippen LogP contribution in [0.15, 0.2) is 0 Å². The molecule has 5 nitrogen and oxygen atoms in total. The van der Waals surface area contributed by atoms with Crippen LogP contribution in [0.3, 0.4) is 0 Å². The first kappa shape index (κ1) is 13.7. The number of carbonyl (C=O) groups is 3. The standard InChI is InChI=1S/C12H19NO4/c1-7-6-9(8(2)14)13(10(7)15)11(16)17-12(3,4)5/h7,9H,6H2,1-5H3/t7?,9-/m0/s1. The molecule has 0 N–H and O–H groups in total. The lowest BCUT2D eigenvalue weighted by Crippen LogP contribution is -2.45. The lowest BCUT2D eigenvalue weighted by Gasteiger charge is -2.26. The molecule has 0 bridgehead atoms. The van der Waals surface area contributed by atoms with Crippen LogP contribution in [0.4, 0.5) is 4.79 Å². The summed E-state index contributed by atoms with van der Waals surface area (Å²) in [4.78, 5) is 36.1. The quantitative estimate of drug-likeness (QED) is 0.701. The number of hydrogen-bond acceptors (Lipinski definition) is 4. The Bertz CT molecular complexity index is 356. The minimum atomic E-state index is -0.730. The van der Waals surface area contributed by atoms with Gasteiger partial charge in [0.15, 0.2) is 5.78 Å². The molecule has 0 aromatic rings. The Morgan fingerprint density at radius 3 is 2.29 bits per heavy atom. The van der Waals surface area contributed by atoms with E-state index in [1.165, 1.54) is 6.92 Å². The Morgan fingerprint density at radius 1 is 1.35 bits per heavy atom. The van der Waals surface area contributed by atoms with Crippen LogP contribution in [-0.2, 0) is 14.3 Å². The van der Waals surface area contributed by atoms with Gasteiger partial charge in [-0.3, -0.25) is 9.59 Å². The summed E-state index contributed by atoms with van der Waals surface area (Å²) in [6.45, 7) is 8.25. The highest BCUT2D eigenvalue weighted by Gasteiger charge is 2.44. The van der Waals surface area contributed by atoms with Gasteiger partial charge in [0.2, 0.25) is 5.91 Å². The van der Waals surface area contributed by atoms with Crippen molar-refractivity contribution in [2.75, 3.05) is 0 Å². The van der Waals surface area contributed by atoms with Crippen molar-refractivity contribution in [3.05, 3.63) is 0 Å². The van der Waals surface area contributed by atoms with E-state index in [-0.39, 0.29) is 17.6 Å². The van der Waals surface area contributed by atoms with Crippen LogP contribution in [0.5, 0.6) is 0 Å². The van der Waals surface area contributed by atoms with Crippen LogP contribution in [0.25, 0.3) is 0 Å². The lowest BCUT2D eigenvalue weighted by molar-refractivity contribution is -0.134. The summed E-state index contributed by atoms with van der Waals surface area (Å²) in [5.74, 6) is -0.829. The lowest BCUT2D eigenvalue weighted by atomic mass is 10.1. The van der Waals surface area contributed by atoms with Gasteiger partial charge in [-0.2, -0.15) is 0 Å². The summed E-state index contributed by atoms with van der Waals surface area (Å²) < 4.78 is 5.13. The number of rotatable bonds is 1. The van der Waals surface area contributed by atoms with Crippen molar-refractivity contribution in [3.63, 3.8) is 0 Å². The number of hydrogen-bond donors (Lipinski definition) is 0. The Morgan fingerprint density at radius 2 is 1.88 bits per heavy atom. The monoisotopic (exact) mass is 241 g/mol. The number of Topliss-reactive ketones (excluding diaryl/α,β-unsaturated/α-hetero) is 1. The first-order chi connectivity index (χ1) is 7.63. The first-order valence-corrected chi connectivity index (χ1v) is 5.70. The molecule has 0 saturated carbocycles. The summed E-state index contributed by atoms with van der Waals surface area (Å²) in [6, 6.07) is -0.674. The molecule has 1 unspecified atom stereocenters. The first-order valence-electron chi connectivity index (χ1n) is 5.70. The smallest absolute Gasteiger partial charge is 0.417 e. The van der Waals surface area contributed by atoms with Gasteiger partial charge in [0.05, 0.1) is 0 Å². The normalized spacial score (nSPS) is 25.0. The highest BCUT2D eigenvalue weighted by atomic mass is 16.6. The third-order valence-corrected chi connectivity index (χ3v) is 2.61. The Kier molecular flexibility index (Phi) is 3.59. The molecule has 0 aromatic heterocycles. The van der Waals surface area contributed by atoms with Gasteiger partial charge in [0, 0.05) is 5.92 Å². The minimum absolute atomic E-state index is 0.187. The zero-order chi connectivity index (χ0) is 13.4. The highest BCUT2D eigenvalue weighted by molar-refractivity contribution is 6.01. The van der Waals surface area contributed by atoms with E-state index in [1.54, 1.807) is 27.7 Å². The number of imide groups is 1. The molecule has 0 radical (unpaired) electrons. The SMILES string of the molecule is CC(=O)[C@@H]1CC(C)C(=O)N1C(=O)OC(C)(C)C. The molecule has 96 valence electrons. The Balaban J connectivity index is 2.89. The van der Waals surface area contributed by atoms with Crippen molar-refractivity contribution in [2.45, 2.75) is 52.7 Å². The molecule has 1 rings (SSSR count). The average molecular weight is 241 g/mol. The van der Waals surface area contributed by atoms with Gasteiger partial charge in [-0.1, -0.05) is 6.92 Å². The van der Waals surface area contributed by atoms with E-state index in [0.717, 1.165) is 4.90 Å². The van der Waals surface area contributed by atoms with Gasteiger partial charge in [-0.05, 0) is 34.1 Å². The Hall–Kier alpha value is -1.39.